The van der Waals surface area contributed by atoms with Crippen LogP contribution in [0.25, 0.3) is 10.2 Å². The van der Waals surface area contributed by atoms with E-state index >= 15 is 0 Å². The lowest BCUT2D eigenvalue weighted by molar-refractivity contribution is -0.126. The van der Waals surface area contributed by atoms with Crippen molar-refractivity contribution >= 4 is 39.2 Å². The Hall–Kier alpha value is -1.64. The maximum atomic E-state index is 13.6. The zero-order valence-electron chi connectivity index (χ0n) is 19.5. The smallest absolute Gasteiger partial charge is 0.263 e. The second-order valence-corrected chi connectivity index (χ2v) is 10.9. The number of hydrogen-bond donors (Lipinski definition) is 0. The van der Waals surface area contributed by atoms with E-state index in [1.807, 2.05) is 30.5 Å². The van der Waals surface area contributed by atoms with Crippen LogP contribution in [0.3, 0.4) is 0 Å². The van der Waals surface area contributed by atoms with Gasteiger partial charge in [-0.3, -0.25) is 14.2 Å². The molecular weight excluding hydrogens is 440 g/mol. The van der Waals surface area contributed by atoms with Gasteiger partial charge in [-0.25, -0.2) is 4.98 Å². The maximum Gasteiger partial charge on any atom is 0.263 e. The van der Waals surface area contributed by atoms with Gasteiger partial charge in [0.25, 0.3) is 5.56 Å². The van der Waals surface area contributed by atoms with Crippen LogP contribution >= 0.6 is 23.1 Å². The Balaban J connectivity index is 1.62. The molecule has 6 nitrogen and oxygen atoms in total. The third-order valence-corrected chi connectivity index (χ3v) is 8.48. The summed E-state index contributed by atoms with van der Waals surface area (Å²) in [6.07, 6.45) is 10.6. The molecule has 32 heavy (non-hydrogen) atoms. The molecule has 0 N–H and O–H groups in total. The minimum Gasteiger partial charge on any atom is -0.316 e. The summed E-state index contributed by atoms with van der Waals surface area (Å²) in [6, 6.07) is 0. The minimum atomic E-state index is 0.0777. The lowest BCUT2D eigenvalue weighted by atomic mass is 9.97. The van der Waals surface area contributed by atoms with Crippen LogP contribution in [0.15, 0.2) is 21.7 Å². The molecule has 8 heteroatoms. The van der Waals surface area contributed by atoms with Crippen molar-refractivity contribution < 1.29 is 4.79 Å². The number of thioether (sulfide) groups is 1. The van der Waals surface area contributed by atoms with Gasteiger partial charge < -0.3 is 9.80 Å². The van der Waals surface area contributed by atoms with Crippen molar-refractivity contribution in [3.63, 3.8) is 0 Å². The molecule has 0 radical (unpaired) electrons. The van der Waals surface area contributed by atoms with E-state index in [1.165, 1.54) is 28.6 Å². The van der Waals surface area contributed by atoms with E-state index in [9.17, 15) is 9.59 Å². The van der Waals surface area contributed by atoms with E-state index in [2.05, 4.69) is 11.0 Å². The Bertz CT molecular complexity index is 1070. The molecule has 1 amide bonds. The molecule has 2 aromatic rings. The van der Waals surface area contributed by atoms with Gasteiger partial charge in [0.05, 0.1) is 11.1 Å². The second kappa shape index (κ2) is 10.5. The number of fused-ring (bicyclic) bond motifs is 3. The molecule has 0 atom stereocenters. The van der Waals surface area contributed by atoms with Crippen LogP contribution in [-0.4, -0.2) is 58.2 Å². The molecular formula is C24H34N4O2S2. The lowest BCUT2D eigenvalue weighted by Crippen LogP contribution is -2.31. The van der Waals surface area contributed by atoms with Crippen LogP contribution in [0.2, 0.25) is 0 Å². The fourth-order valence-electron chi connectivity index (χ4n) is 4.72. The summed E-state index contributed by atoms with van der Waals surface area (Å²) in [5.74, 6) is 0.410. The number of carbonyl (C=O) groups is 1. The van der Waals surface area contributed by atoms with E-state index < -0.39 is 0 Å². The van der Waals surface area contributed by atoms with Gasteiger partial charge in [0.1, 0.15) is 4.83 Å². The van der Waals surface area contributed by atoms with Gasteiger partial charge in [0.2, 0.25) is 5.91 Å². The fourth-order valence-corrected chi connectivity index (χ4v) is 6.92. The van der Waals surface area contributed by atoms with Gasteiger partial charge in [0.15, 0.2) is 5.16 Å². The first-order valence-electron chi connectivity index (χ1n) is 11.8. The number of hydrogen-bond acceptors (Lipinski definition) is 6. The number of nitrogens with zero attached hydrogens (tertiary/aromatic N) is 4. The third-order valence-electron chi connectivity index (χ3n) is 6.33. The van der Waals surface area contributed by atoms with Crippen molar-refractivity contribution in [1.82, 2.24) is 19.4 Å². The van der Waals surface area contributed by atoms with Gasteiger partial charge in [0, 0.05) is 23.7 Å². The number of aromatic nitrogens is 2. The molecule has 0 bridgehead atoms. The first-order valence-corrected chi connectivity index (χ1v) is 13.6. The Morgan fingerprint density at radius 2 is 2.03 bits per heavy atom. The zero-order valence-corrected chi connectivity index (χ0v) is 21.1. The molecule has 0 saturated heterocycles. The first-order chi connectivity index (χ1) is 15.5. The predicted molar refractivity (Wildman–Crippen MR) is 134 cm³/mol. The second-order valence-electron chi connectivity index (χ2n) is 8.91. The predicted octanol–water partition coefficient (Wildman–Crippen LogP) is 4.30. The van der Waals surface area contributed by atoms with Crippen molar-refractivity contribution in [1.29, 1.82) is 0 Å². The van der Waals surface area contributed by atoms with Crippen LogP contribution < -0.4 is 5.56 Å². The van der Waals surface area contributed by atoms with E-state index in [-0.39, 0.29) is 11.5 Å². The highest BCUT2D eigenvalue weighted by Gasteiger charge is 2.24. The van der Waals surface area contributed by atoms with E-state index in [0.29, 0.717) is 24.0 Å². The SMILES string of the molecule is CCN(C(=O)CSc1nc2sc3c(c2c(=O)n1CCCN(C)C)CCCC3)C1=CCCC1. The topological polar surface area (TPSA) is 58.4 Å². The Labute approximate surface area is 198 Å². The molecule has 2 heterocycles. The molecule has 0 fully saturated rings. The molecule has 2 aromatic heterocycles. The summed E-state index contributed by atoms with van der Waals surface area (Å²) < 4.78 is 1.83. The molecule has 0 unspecified atom stereocenters. The number of thiophene rings is 1. The van der Waals surface area contributed by atoms with Gasteiger partial charge in [-0.05, 0) is 84.5 Å². The highest BCUT2D eigenvalue weighted by Crippen LogP contribution is 2.35. The molecule has 0 aliphatic heterocycles. The molecule has 2 aliphatic carbocycles. The minimum absolute atomic E-state index is 0.0777. The van der Waals surface area contributed by atoms with Crippen molar-refractivity contribution in [2.24, 2.45) is 0 Å². The van der Waals surface area contributed by atoms with Gasteiger partial charge in [-0.2, -0.15) is 0 Å². The molecule has 0 aromatic carbocycles. The van der Waals surface area contributed by atoms with E-state index in [0.717, 1.165) is 67.4 Å². The van der Waals surface area contributed by atoms with Crippen molar-refractivity contribution in [3.05, 3.63) is 32.6 Å². The lowest BCUT2D eigenvalue weighted by Gasteiger charge is -2.22. The van der Waals surface area contributed by atoms with Gasteiger partial charge in [-0.15, -0.1) is 11.3 Å². The Morgan fingerprint density at radius 3 is 2.75 bits per heavy atom. The fraction of sp³-hybridized carbons (Fsp3) is 0.625. The van der Waals surface area contributed by atoms with Crippen LogP contribution in [0.5, 0.6) is 0 Å². The molecule has 0 saturated carbocycles. The van der Waals surface area contributed by atoms with Crippen molar-refractivity contribution in [3.8, 4) is 0 Å². The summed E-state index contributed by atoms with van der Waals surface area (Å²) >= 11 is 3.10. The van der Waals surface area contributed by atoms with Crippen LogP contribution in [0.1, 0.15) is 55.9 Å². The number of allylic oxidation sites excluding steroid dienone is 2. The molecule has 0 spiro atoms. The Morgan fingerprint density at radius 1 is 1.22 bits per heavy atom. The summed E-state index contributed by atoms with van der Waals surface area (Å²) in [7, 11) is 4.09. The third kappa shape index (κ3) is 4.97. The van der Waals surface area contributed by atoms with Gasteiger partial charge in [-0.1, -0.05) is 17.8 Å². The summed E-state index contributed by atoms with van der Waals surface area (Å²) in [5.41, 5.74) is 2.46. The molecule has 4 rings (SSSR count). The maximum absolute atomic E-state index is 13.6. The van der Waals surface area contributed by atoms with E-state index in [4.69, 9.17) is 4.98 Å². The molecule has 2 aliphatic rings. The summed E-state index contributed by atoms with van der Waals surface area (Å²) in [5, 5.41) is 1.51. The quantitative estimate of drug-likeness (QED) is 0.401. The van der Waals surface area contributed by atoms with E-state index in [1.54, 1.807) is 11.3 Å². The standard InChI is InChI=1S/C24H34N4O2S2/c1-4-27(17-10-5-6-11-17)20(29)16-31-24-25-22-21(18-12-7-8-13-19(18)32-22)23(30)28(24)15-9-14-26(2)3/h10H,4-9,11-16H2,1-3H3. The summed E-state index contributed by atoms with van der Waals surface area (Å²) in [4.78, 5) is 37.8. The number of aryl methyl sites for hydroxylation is 2. The average Bonchev–Trinajstić information content (AvgIpc) is 3.42. The number of amides is 1. The monoisotopic (exact) mass is 474 g/mol. The largest absolute Gasteiger partial charge is 0.316 e. The number of carbonyl (C=O) groups excluding carboxylic acids is 1. The highest BCUT2D eigenvalue weighted by molar-refractivity contribution is 7.99. The average molecular weight is 475 g/mol. The number of rotatable bonds is 9. The van der Waals surface area contributed by atoms with Crippen LogP contribution in [0, 0.1) is 0 Å². The van der Waals surface area contributed by atoms with Gasteiger partial charge >= 0.3 is 0 Å². The van der Waals surface area contributed by atoms with Crippen LogP contribution in [0.4, 0.5) is 0 Å². The zero-order chi connectivity index (χ0) is 22.7. The van der Waals surface area contributed by atoms with Crippen LogP contribution in [-0.2, 0) is 24.2 Å². The highest BCUT2D eigenvalue weighted by atomic mass is 32.2. The van der Waals surface area contributed by atoms with Crippen molar-refractivity contribution in [2.75, 3.05) is 32.9 Å². The first kappa shape index (κ1) is 23.5. The Kier molecular flexibility index (Phi) is 7.74. The van der Waals surface area contributed by atoms with Crippen molar-refractivity contribution in [2.45, 2.75) is 70.0 Å². The summed E-state index contributed by atoms with van der Waals surface area (Å²) in [6.45, 7) is 4.25. The normalized spacial score (nSPS) is 15.9. The molecule has 174 valence electrons.